The maximum Gasteiger partial charge on any atom is 0.320 e. The fourth-order valence-electron chi connectivity index (χ4n) is 2.97. The van der Waals surface area contributed by atoms with E-state index in [0.29, 0.717) is 12.2 Å². The first-order chi connectivity index (χ1) is 10.9. The minimum absolute atomic E-state index is 0.231. The maximum absolute atomic E-state index is 12.3. The molecule has 23 heavy (non-hydrogen) atoms. The fraction of sp³-hybridized carbons (Fsp3) is 0.412. The van der Waals surface area contributed by atoms with Gasteiger partial charge in [-0.05, 0) is 31.9 Å². The summed E-state index contributed by atoms with van der Waals surface area (Å²) in [6.07, 6.45) is 1.60. The van der Waals surface area contributed by atoms with Gasteiger partial charge >= 0.3 is 6.03 Å². The predicted octanol–water partition coefficient (Wildman–Crippen LogP) is 2.42. The predicted molar refractivity (Wildman–Crippen MR) is 88.3 cm³/mol. The van der Waals surface area contributed by atoms with Crippen molar-refractivity contribution in [1.82, 2.24) is 15.1 Å². The highest BCUT2D eigenvalue weighted by atomic mass is 16.3. The summed E-state index contributed by atoms with van der Waals surface area (Å²) >= 11 is 0. The summed E-state index contributed by atoms with van der Waals surface area (Å²) in [7, 11) is 0. The topological polar surface area (TPSA) is 79.2 Å². The van der Waals surface area contributed by atoms with Crippen LogP contribution in [0.2, 0.25) is 0 Å². The maximum atomic E-state index is 12.3. The number of benzene rings is 1. The van der Waals surface area contributed by atoms with Gasteiger partial charge in [0.1, 0.15) is 5.82 Å². The van der Waals surface area contributed by atoms with Gasteiger partial charge in [0.15, 0.2) is 0 Å². The number of aliphatic hydroxyl groups excluding tert-OH is 1. The number of nitrogens with zero attached hydrogens (tertiary/aromatic N) is 2. The molecule has 2 amide bonds. The molecule has 1 aliphatic carbocycles. The summed E-state index contributed by atoms with van der Waals surface area (Å²) in [5.74, 6) is 0.621. The van der Waals surface area contributed by atoms with Gasteiger partial charge in [-0.15, -0.1) is 0 Å². The van der Waals surface area contributed by atoms with Gasteiger partial charge in [0.25, 0.3) is 0 Å². The van der Waals surface area contributed by atoms with Crippen LogP contribution in [-0.2, 0) is 12.0 Å². The zero-order chi connectivity index (χ0) is 16.6. The van der Waals surface area contributed by atoms with Crippen LogP contribution in [0.1, 0.15) is 37.9 Å². The van der Waals surface area contributed by atoms with Gasteiger partial charge in [-0.3, -0.25) is 5.32 Å². The van der Waals surface area contributed by atoms with Crippen LogP contribution in [0, 0.1) is 0 Å². The lowest BCUT2D eigenvalue weighted by Crippen LogP contribution is -2.38. The third-order valence-corrected chi connectivity index (χ3v) is 4.01. The van der Waals surface area contributed by atoms with E-state index < -0.39 is 12.1 Å². The molecule has 0 spiro atoms. The van der Waals surface area contributed by atoms with Crippen molar-refractivity contribution >= 4 is 11.8 Å². The van der Waals surface area contributed by atoms with Gasteiger partial charge in [0, 0.05) is 12.5 Å². The highest BCUT2D eigenvalue weighted by Crippen LogP contribution is 2.31. The highest BCUT2D eigenvalue weighted by Gasteiger charge is 2.32. The normalized spacial score (nSPS) is 20.2. The summed E-state index contributed by atoms with van der Waals surface area (Å²) in [6.45, 7) is 6.04. The lowest BCUT2D eigenvalue weighted by molar-refractivity contribution is 0.144. The first kappa shape index (κ1) is 15.6. The van der Waals surface area contributed by atoms with Crippen LogP contribution in [0.15, 0.2) is 36.5 Å². The molecule has 1 aromatic heterocycles. The zero-order valence-corrected chi connectivity index (χ0v) is 13.6. The average Bonchev–Trinajstić information content (AvgIpc) is 3.04. The number of amides is 2. The smallest absolute Gasteiger partial charge is 0.320 e. The molecule has 0 radical (unpaired) electrons. The first-order valence-electron chi connectivity index (χ1n) is 7.74. The summed E-state index contributed by atoms with van der Waals surface area (Å²) < 4.78 is 1.76. The SMILES string of the molecule is CC(C)(C)n1nccc1NC(=O)N[C@@H]1c2ccccc2C[C@@H]1O. The van der Waals surface area contributed by atoms with Crippen molar-refractivity contribution in [2.45, 2.75) is 44.9 Å². The Bertz CT molecular complexity index is 717. The Labute approximate surface area is 135 Å². The van der Waals surface area contributed by atoms with Crippen molar-refractivity contribution in [1.29, 1.82) is 0 Å². The van der Waals surface area contributed by atoms with Crippen LogP contribution in [0.5, 0.6) is 0 Å². The Balaban J connectivity index is 1.73. The van der Waals surface area contributed by atoms with E-state index in [1.807, 2.05) is 45.0 Å². The van der Waals surface area contributed by atoms with Crippen molar-refractivity contribution in [2.24, 2.45) is 0 Å². The molecule has 0 fully saturated rings. The van der Waals surface area contributed by atoms with Crippen molar-refractivity contribution in [3.63, 3.8) is 0 Å². The third-order valence-electron chi connectivity index (χ3n) is 4.01. The van der Waals surface area contributed by atoms with E-state index in [1.54, 1.807) is 16.9 Å². The number of anilines is 1. The number of carbonyl (C=O) groups is 1. The molecule has 122 valence electrons. The van der Waals surface area contributed by atoms with Gasteiger partial charge in [-0.25, -0.2) is 9.48 Å². The molecule has 0 unspecified atom stereocenters. The number of rotatable bonds is 2. The number of nitrogens with one attached hydrogen (secondary N) is 2. The van der Waals surface area contributed by atoms with E-state index in [9.17, 15) is 9.90 Å². The van der Waals surface area contributed by atoms with Crippen molar-refractivity contribution in [3.05, 3.63) is 47.7 Å². The molecule has 0 saturated carbocycles. The molecule has 6 heteroatoms. The molecule has 1 aliphatic rings. The van der Waals surface area contributed by atoms with Crippen molar-refractivity contribution in [3.8, 4) is 0 Å². The molecule has 3 N–H and O–H groups in total. The molecule has 6 nitrogen and oxygen atoms in total. The Morgan fingerprint density at radius 1 is 1.30 bits per heavy atom. The van der Waals surface area contributed by atoms with Crippen LogP contribution in [0.3, 0.4) is 0 Å². The fourth-order valence-corrected chi connectivity index (χ4v) is 2.97. The summed E-state index contributed by atoms with van der Waals surface area (Å²) in [6, 6.07) is 8.79. The lowest BCUT2D eigenvalue weighted by atomic mass is 10.1. The van der Waals surface area contributed by atoms with Crippen LogP contribution in [-0.4, -0.2) is 27.0 Å². The lowest BCUT2D eigenvalue weighted by Gasteiger charge is -2.23. The second-order valence-corrected chi connectivity index (χ2v) is 6.85. The Hall–Kier alpha value is -2.34. The van der Waals surface area contributed by atoms with Crippen LogP contribution < -0.4 is 10.6 Å². The zero-order valence-electron chi connectivity index (χ0n) is 13.6. The number of carbonyl (C=O) groups excluding carboxylic acids is 1. The quantitative estimate of drug-likeness (QED) is 0.796. The van der Waals surface area contributed by atoms with Gasteiger partial charge in [-0.1, -0.05) is 24.3 Å². The van der Waals surface area contributed by atoms with E-state index in [-0.39, 0.29) is 11.6 Å². The second kappa shape index (κ2) is 5.70. The summed E-state index contributed by atoms with van der Waals surface area (Å²) in [5, 5.41) is 20.1. The number of urea groups is 1. The van der Waals surface area contributed by atoms with E-state index >= 15 is 0 Å². The Morgan fingerprint density at radius 3 is 2.78 bits per heavy atom. The summed E-state index contributed by atoms with van der Waals surface area (Å²) in [4.78, 5) is 12.3. The molecule has 2 aromatic rings. The standard InChI is InChI=1S/C17H22N4O2/c1-17(2,3)21-14(8-9-18-21)19-16(23)20-15-12-7-5-4-6-11(12)10-13(15)22/h4-9,13,15,22H,10H2,1-3H3,(H2,19,20,23)/t13-,15+/m0/s1. The second-order valence-electron chi connectivity index (χ2n) is 6.85. The van der Waals surface area contributed by atoms with Crippen LogP contribution in [0.4, 0.5) is 10.6 Å². The van der Waals surface area contributed by atoms with Crippen molar-refractivity contribution in [2.75, 3.05) is 5.32 Å². The molecular weight excluding hydrogens is 292 g/mol. The van der Waals surface area contributed by atoms with Crippen LogP contribution >= 0.6 is 0 Å². The van der Waals surface area contributed by atoms with Gasteiger partial charge in [0.2, 0.25) is 0 Å². The number of hydrogen-bond donors (Lipinski definition) is 3. The third kappa shape index (κ3) is 3.07. The molecule has 1 aromatic carbocycles. The Morgan fingerprint density at radius 2 is 2.04 bits per heavy atom. The monoisotopic (exact) mass is 314 g/mol. The van der Waals surface area contributed by atoms with Gasteiger partial charge in [-0.2, -0.15) is 5.10 Å². The molecule has 0 bridgehead atoms. The van der Waals surface area contributed by atoms with Gasteiger partial charge < -0.3 is 10.4 Å². The van der Waals surface area contributed by atoms with E-state index in [1.165, 1.54) is 0 Å². The molecular formula is C17H22N4O2. The van der Waals surface area contributed by atoms with E-state index in [2.05, 4.69) is 15.7 Å². The number of fused-ring (bicyclic) bond motifs is 1. The first-order valence-corrected chi connectivity index (χ1v) is 7.74. The highest BCUT2D eigenvalue weighted by molar-refractivity contribution is 5.88. The minimum Gasteiger partial charge on any atom is -0.390 e. The summed E-state index contributed by atoms with van der Waals surface area (Å²) in [5.41, 5.74) is 1.82. The molecule has 1 heterocycles. The van der Waals surface area contributed by atoms with E-state index in [0.717, 1.165) is 11.1 Å². The Kier molecular flexibility index (Phi) is 3.85. The largest absolute Gasteiger partial charge is 0.390 e. The van der Waals surface area contributed by atoms with Crippen LogP contribution in [0.25, 0.3) is 0 Å². The molecule has 0 aliphatic heterocycles. The number of aromatic nitrogens is 2. The molecule has 0 saturated heterocycles. The minimum atomic E-state index is -0.606. The average molecular weight is 314 g/mol. The van der Waals surface area contributed by atoms with E-state index in [4.69, 9.17) is 0 Å². The number of hydrogen-bond acceptors (Lipinski definition) is 3. The van der Waals surface area contributed by atoms with Gasteiger partial charge in [0.05, 0.1) is 23.9 Å². The van der Waals surface area contributed by atoms with Crippen molar-refractivity contribution < 1.29 is 9.90 Å². The molecule has 3 rings (SSSR count). The molecule has 2 atom stereocenters. The number of aliphatic hydroxyl groups is 1.